The summed E-state index contributed by atoms with van der Waals surface area (Å²) in [5.41, 5.74) is 1.11. The van der Waals surface area contributed by atoms with Crippen LogP contribution >= 0.6 is 11.8 Å². The van der Waals surface area contributed by atoms with E-state index in [1.54, 1.807) is 0 Å². The molecule has 1 atom stereocenters. The van der Waals surface area contributed by atoms with Gasteiger partial charge in [0.25, 0.3) is 0 Å². The van der Waals surface area contributed by atoms with E-state index < -0.39 is 0 Å². The summed E-state index contributed by atoms with van der Waals surface area (Å²) >= 11 is 1.96. The molecule has 1 amide bonds. The first-order valence-corrected chi connectivity index (χ1v) is 8.88. The highest BCUT2D eigenvalue weighted by Gasteiger charge is 2.18. The van der Waals surface area contributed by atoms with Gasteiger partial charge in [0.1, 0.15) is 0 Å². The standard InChI is InChI=1S/C17H25NO2S/c1-2-16(14-6-4-3-5-7-14)17(19)18-10-13-21-15-8-11-20-12-9-15/h3-7,15-16H,2,8-13H2,1H3,(H,18,19)/t16-/m0/s1. The van der Waals surface area contributed by atoms with Crippen molar-refractivity contribution in [1.29, 1.82) is 0 Å². The number of ether oxygens (including phenoxy) is 1. The van der Waals surface area contributed by atoms with E-state index in [9.17, 15) is 4.79 Å². The minimum Gasteiger partial charge on any atom is -0.381 e. The molecule has 0 unspecified atom stereocenters. The molecule has 0 bridgehead atoms. The zero-order valence-electron chi connectivity index (χ0n) is 12.7. The van der Waals surface area contributed by atoms with Crippen molar-refractivity contribution in [1.82, 2.24) is 5.32 Å². The Kier molecular flexibility index (Phi) is 7.10. The summed E-state index contributed by atoms with van der Waals surface area (Å²) in [5, 5.41) is 3.78. The molecule has 1 aromatic rings. The van der Waals surface area contributed by atoms with Crippen LogP contribution in [-0.4, -0.2) is 36.7 Å². The highest BCUT2D eigenvalue weighted by Crippen LogP contribution is 2.22. The summed E-state index contributed by atoms with van der Waals surface area (Å²) in [5.74, 6) is 1.11. The molecule has 1 aliphatic heterocycles. The number of carbonyl (C=O) groups excluding carboxylic acids is 1. The predicted octanol–water partition coefficient (Wildman–Crippen LogP) is 3.21. The van der Waals surface area contributed by atoms with Gasteiger partial charge in [-0.3, -0.25) is 4.79 Å². The number of amides is 1. The molecular formula is C17H25NO2S. The fourth-order valence-electron chi connectivity index (χ4n) is 2.62. The number of carbonyl (C=O) groups is 1. The van der Waals surface area contributed by atoms with E-state index in [0.717, 1.165) is 50.3 Å². The average molecular weight is 307 g/mol. The first-order chi connectivity index (χ1) is 10.3. The SMILES string of the molecule is CC[C@H](C(=O)NCCSC1CCOCC1)c1ccccc1. The van der Waals surface area contributed by atoms with Gasteiger partial charge in [-0.25, -0.2) is 0 Å². The van der Waals surface area contributed by atoms with Crippen LogP contribution in [0.15, 0.2) is 30.3 Å². The number of benzene rings is 1. The molecule has 1 fully saturated rings. The van der Waals surface area contributed by atoms with E-state index in [4.69, 9.17) is 4.74 Å². The van der Waals surface area contributed by atoms with Crippen molar-refractivity contribution in [2.75, 3.05) is 25.5 Å². The maximum Gasteiger partial charge on any atom is 0.227 e. The van der Waals surface area contributed by atoms with Crippen molar-refractivity contribution in [3.8, 4) is 0 Å². The van der Waals surface area contributed by atoms with E-state index >= 15 is 0 Å². The van der Waals surface area contributed by atoms with Gasteiger partial charge in [-0.2, -0.15) is 11.8 Å². The van der Waals surface area contributed by atoms with Gasteiger partial charge in [0.2, 0.25) is 5.91 Å². The third-order valence-corrected chi connectivity index (χ3v) is 5.23. The van der Waals surface area contributed by atoms with Gasteiger partial charge >= 0.3 is 0 Å². The number of hydrogen-bond acceptors (Lipinski definition) is 3. The summed E-state index contributed by atoms with van der Waals surface area (Å²) < 4.78 is 5.36. The van der Waals surface area contributed by atoms with Gasteiger partial charge in [-0.05, 0) is 24.8 Å². The minimum absolute atomic E-state index is 0.0284. The van der Waals surface area contributed by atoms with Crippen LogP contribution in [0, 0.1) is 0 Å². The first-order valence-electron chi connectivity index (χ1n) is 7.83. The van der Waals surface area contributed by atoms with E-state index in [1.807, 2.05) is 42.1 Å². The molecule has 21 heavy (non-hydrogen) atoms. The van der Waals surface area contributed by atoms with Crippen LogP contribution in [0.3, 0.4) is 0 Å². The molecule has 0 spiro atoms. The second kappa shape index (κ2) is 9.11. The Balaban J connectivity index is 1.70. The highest BCUT2D eigenvalue weighted by atomic mass is 32.2. The molecule has 0 aromatic heterocycles. The Morgan fingerprint density at radius 3 is 2.71 bits per heavy atom. The van der Waals surface area contributed by atoms with Crippen LogP contribution in [-0.2, 0) is 9.53 Å². The Hall–Kier alpha value is -1.00. The normalized spacial score (nSPS) is 17.4. The lowest BCUT2D eigenvalue weighted by Gasteiger charge is -2.21. The van der Waals surface area contributed by atoms with Gasteiger partial charge < -0.3 is 10.1 Å². The minimum atomic E-state index is -0.0284. The van der Waals surface area contributed by atoms with Crippen molar-refractivity contribution >= 4 is 17.7 Å². The van der Waals surface area contributed by atoms with E-state index in [-0.39, 0.29) is 11.8 Å². The molecule has 0 saturated carbocycles. The molecule has 1 saturated heterocycles. The second-order valence-corrected chi connectivity index (χ2v) is 6.75. The summed E-state index contributed by atoms with van der Waals surface area (Å²) in [6.07, 6.45) is 3.11. The molecule has 1 aliphatic rings. The summed E-state index contributed by atoms with van der Waals surface area (Å²) in [4.78, 5) is 12.3. The third-order valence-electron chi connectivity index (χ3n) is 3.85. The monoisotopic (exact) mass is 307 g/mol. The number of nitrogens with one attached hydrogen (secondary N) is 1. The quantitative estimate of drug-likeness (QED) is 0.786. The van der Waals surface area contributed by atoms with Gasteiger partial charge in [-0.15, -0.1) is 0 Å². The summed E-state index contributed by atoms with van der Waals surface area (Å²) in [7, 11) is 0. The maximum atomic E-state index is 12.3. The fourth-order valence-corrected chi connectivity index (χ4v) is 3.70. The van der Waals surface area contributed by atoms with Crippen molar-refractivity contribution in [3.63, 3.8) is 0 Å². The Morgan fingerprint density at radius 2 is 2.05 bits per heavy atom. The van der Waals surface area contributed by atoms with Gasteiger partial charge in [0.15, 0.2) is 0 Å². The van der Waals surface area contributed by atoms with Crippen molar-refractivity contribution in [2.24, 2.45) is 0 Å². The Labute approximate surface area is 131 Å². The van der Waals surface area contributed by atoms with Crippen LogP contribution in [0.1, 0.15) is 37.7 Å². The fraction of sp³-hybridized carbons (Fsp3) is 0.588. The van der Waals surface area contributed by atoms with Crippen molar-refractivity contribution < 1.29 is 9.53 Å². The summed E-state index contributed by atoms with van der Waals surface area (Å²) in [6, 6.07) is 10.0. The molecule has 4 heteroatoms. The zero-order chi connectivity index (χ0) is 14.9. The largest absolute Gasteiger partial charge is 0.381 e. The lowest BCUT2D eigenvalue weighted by molar-refractivity contribution is -0.122. The molecule has 2 rings (SSSR count). The van der Waals surface area contributed by atoms with Crippen molar-refractivity contribution in [2.45, 2.75) is 37.4 Å². The van der Waals surface area contributed by atoms with E-state index in [2.05, 4.69) is 12.2 Å². The second-order valence-electron chi connectivity index (χ2n) is 5.35. The molecule has 1 aromatic carbocycles. The molecule has 0 radical (unpaired) electrons. The van der Waals surface area contributed by atoms with Gasteiger partial charge in [0.05, 0.1) is 5.92 Å². The molecule has 3 nitrogen and oxygen atoms in total. The molecule has 1 heterocycles. The lowest BCUT2D eigenvalue weighted by atomic mass is 9.96. The van der Waals surface area contributed by atoms with Gasteiger partial charge in [0, 0.05) is 30.8 Å². The predicted molar refractivity (Wildman–Crippen MR) is 88.8 cm³/mol. The molecular weight excluding hydrogens is 282 g/mol. The summed E-state index contributed by atoms with van der Waals surface area (Å²) in [6.45, 7) is 4.59. The topological polar surface area (TPSA) is 38.3 Å². The van der Waals surface area contributed by atoms with Gasteiger partial charge in [-0.1, -0.05) is 37.3 Å². The van der Waals surface area contributed by atoms with E-state index in [1.165, 1.54) is 0 Å². The van der Waals surface area contributed by atoms with Crippen molar-refractivity contribution in [3.05, 3.63) is 35.9 Å². The Bertz CT molecular complexity index is 418. The highest BCUT2D eigenvalue weighted by molar-refractivity contribution is 7.99. The average Bonchev–Trinajstić information content (AvgIpc) is 2.54. The molecule has 116 valence electrons. The number of hydrogen-bond donors (Lipinski definition) is 1. The molecule has 1 N–H and O–H groups in total. The van der Waals surface area contributed by atoms with Crippen LogP contribution in [0.2, 0.25) is 0 Å². The van der Waals surface area contributed by atoms with Crippen LogP contribution in [0.5, 0.6) is 0 Å². The number of thioether (sulfide) groups is 1. The van der Waals surface area contributed by atoms with Crippen LogP contribution in [0.4, 0.5) is 0 Å². The number of rotatable bonds is 7. The van der Waals surface area contributed by atoms with Crippen LogP contribution < -0.4 is 5.32 Å². The maximum absolute atomic E-state index is 12.3. The smallest absolute Gasteiger partial charge is 0.227 e. The lowest BCUT2D eigenvalue weighted by Crippen LogP contribution is -2.31. The molecule has 0 aliphatic carbocycles. The van der Waals surface area contributed by atoms with E-state index in [0.29, 0.717) is 5.25 Å². The van der Waals surface area contributed by atoms with Crippen LogP contribution in [0.25, 0.3) is 0 Å². The zero-order valence-corrected chi connectivity index (χ0v) is 13.5. The third kappa shape index (κ3) is 5.36. The Morgan fingerprint density at radius 1 is 1.33 bits per heavy atom. The first kappa shape index (κ1) is 16.4.